The fourth-order valence-corrected chi connectivity index (χ4v) is 1.63. The molecule has 0 aliphatic carbocycles. The summed E-state index contributed by atoms with van der Waals surface area (Å²) in [6, 6.07) is 5.98. The third-order valence-electron chi connectivity index (χ3n) is 2.53. The molecule has 1 aromatic carbocycles. The second-order valence-electron chi connectivity index (χ2n) is 4.25. The lowest BCUT2D eigenvalue weighted by Gasteiger charge is -2.21. The maximum atomic E-state index is 12.0. The van der Waals surface area contributed by atoms with E-state index in [1.165, 1.54) is 6.07 Å². The van der Waals surface area contributed by atoms with Gasteiger partial charge in [-0.15, -0.1) is 0 Å². The Morgan fingerprint density at radius 1 is 1.37 bits per heavy atom. The van der Waals surface area contributed by atoms with Crippen molar-refractivity contribution >= 4 is 17.7 Å². The zero-order chi connectivity index (χ0) is 14.4. The SMILES string of the molecule is C=C(C)CN(CC)C(=O)Nc1ccccc1C(=O)O. The van der Waals surface area contributed by atoms with Gasteiger partial charge < -0.3 is 15.3 Å². The van der Waals surface area contributed by atoms with E-state index in [1.807, 2.05) is 13.8 Å². The van der Waals surface area contributed by atoms with Crippen LogP contribution in [0.25, 0.3) is 0 Å². The summed E-state index contributed by atoms with van der Waals surface area (Å²) in [6.45, 7) is 8.41. The summed E-state index contributed by atoms with van der Waals surface area (Å²) in [7, 11) is 0. The number of hydrogen-bond donors (Lipinski definition) is 2. The highest BCUT2D eigenvalue weighted by Gasteiger charge is 2.15. The number of aromatic carboxylic acids is 1. The van der Waals surface area contributed by atoms with Gasteiger partial charge in [0.05, 0.1) is 11.3 Å². The first kappa shape index (κ1) is 14.8. The van der Waals surface area contributed by atoms with Crippen molar-refractivity contribution in [1.82, 2.24) is 4.90 Å². The fraction of sp³-hybridized carbons (Fsp3) is 0.286. The smallest absolute Gasteiger partial charge is 0.337 e. The van der Waals surface area contributed by atoms with Gasteiger partial charge in [0, 0.05) is 13.1 Å². The van der Waals surface area contributed by atoms with E-state index < -0.39 is 5.97 Å². The van der Waals surface area contributed by atoms with Crippen LogP contribution in [-0.4, -0.2) is 35.1 Å². The zero-order valence-corrected chi connectivity index (χ0v) is 11.1. The standard InChI is InChI=1S/C14H18N2O3/c1-4-16(9-10(2)3)14(19)15-12-8-6-5-7-11(12)13(17)18/h5-8H,2,4,9H2,1,3H3,(H,15,19)(H,17,18). The van der Waals surface area contributed by atoms with Crippen LogP contribution < -0.4 is 5.32 Å². The van der Waals surface area contributed by atoms with Crippen LogP contribution in [0.15, 0.2) is 36.4 Å². The largest absolute Gasteiger partial charge is 0.478 e. The Morgan fingerprint density at radius 2 is 2.00 bits per heavy atom. The average molecular weight is 262 g/mol. The van der Waals surface area contributed by atoms with E-state index in [1.54, 1.807) is 23.1 Å². The molecule has 5 heteroatoms. The second kappa shape index (κ2) is 6.58. The quantitative estimate of drug-likeness (QED) is 0.802. The number of likely N-dealkylation sites (N-methyl/N-ethyl adjacent to an activating group) is 1. The first-order valence-electron chi connectivity index (χ1n) is 5.98. The van der Waals surface area contributed by atoms with Crippen molar-refractivity contribution < 1.29 is 14.7 Å². The highest BCUT2D eigenvalue weighted by Crippen LogP contribution is 2.15. The molecule has 0 atom stereocenters. The highest BCUT2D eigenvalue weighted by atomic mass is 16.4. The van der Waals surface area contributed by atoms with Crippen LogP contribution in [-0.2, 0) is 0 Å². The number of carboxylic acid groups (broad SMARTS) is 1. The zero-order valence-electron chi connectivity index (χ0n) is 11.1. The normalized spacial score (nSPS) is 9.79. The van der Waals surface area contributed by atoms with Crippen LogP contribution in [0.2, 0.25) is 0 Å². The molecular formula is C14H18N2O3. The molecule has 102 valence electrons. The number of urea groups is 1. The number of hydrogen-bond acceptors (Lipinski definition) is 2. The van der Waals surface area contributed by atoms with E-state index in [-0.39, 0.29) is 11.6 Å². The topological polar surface area (TPSA) is 69.6 Å². The predicted octanol–water partition coefficient (Wildman–Crippen LogP) is 2.81. The van der Waals surface area contributed by atoms with Crippen LogP contribution in [0.3, 0.4) is 0 Å². The third kappa shape index (κ3) is 4.13. The molecule has 0 unspecified atom stereocenters. The Balaban J connectivity index is 2.87. The van der Waals surface area contributed by atoms with Crippen molar-refractivity contribution in [2.45, 2.75) is 13.8 Å². The summed E-state index contributed by atoms with van der Waals surface area (Å²) in [4.78, 5) is 24.6. The molecule has 0 saturated heterocycles. The molecule has 0 aliphatic heterocycles. The van der Waals surface area contributed by atoms with Gasteiger partial charge in [-0.05, 0) is 26.0 Å². The molecule has 2 N–H and O–H groups in total. The highest BCUT2D eigenvalue weighted by molar-refractivity contribution is 6.00. The molecule has 0 aromatic heterocycles. The van der Waals surface area contributed by atoms with E-state index in [2.05, 4.69) is 11.9 Å². The van der Waals surface area contributed by atoms with Gasteiger partial charge in [-0.25, -0.2) is 9.59 Å². The van der Waals surface area contributed by atoms with Crippen molar-refractivity contribution in [2.75, 3.05) is 18.4 Å². The van der Waals surface area contributed by atoms with Crippen LogP contribution in [0.5, 0.6) is 0 Å². The van der Waals surface area contributed by atoms with E-state index in [0.717, 1.165) is 5.57 Å². The minimum Gasteiger partial charge on any atom is -0.478 e. The lowest BCUT2D eigenvalue weighted by molar-refractivity contribution is 0.0698. The third-order valence-corrected chi connectivity index (χ3v) is 2.53. The van der Waals surface area contributed by atoms with Crippen molar-refractivity contribution in [2.24, 2.45) is 0 Å². The lowest BCUT2D eigenvalue weighted by Crippen LogP contribution is -2.36. The Bertz CT molecular complexity index is 497. The second-order valence-corrected chi connectivity index (χ2v) is 4.25. The van der Waals surface area contributed by atoms with Gasteiger partial charge >= 0.3 is 12.0 Å². The molecule has 0 spiro atoms. The Labute approximate surface area is 112 Å². The average Bonchev–Trinajstić information content (AvgIpc) is 2.35. The summed E-state index contributed by atoms with van der Waals surface area (Å²) < 4.78 is 0. The molecule has 0 radical (unpaired) electrons. The number of carboxylic acids is 1. The molecule has 0 fully saturated rings. The van der Waals surface area contributed by atoms with Gasteiger partial charge in [-0.3, -0.25) is 0 Å². The van der Waals surface area contributed by atoms with Gasteiger partial charge in [-0.2, -0.15) is 0 Å². The molecule has 1 rings (SSSR count). The summed E-state index contributed by atoms with van der Waals surface area (Å²) in [6.07, 6.45) is 0. The number of nitrogens with zero attached hydrogens (tertiary/aromatic N) is 1. The van der Waals surface area contributed by atoms with Gasteiger partial charge in [0.15, 0.2) is 0 Å². The minimum absolute atomic E-state index is 0.0715. The molecule has 0 bridgehead atoms. The van der Waals surface area contributed by atoms with Crippen molar-refractivity contribution in [3.05, 3.63) is 42.0 Å². The van der Waals surface area contributed by atoms with Crippen molar-refractivity contribution in [1.29, 1.82) is 0 Å². The van der Waals surface area contributed by atoms with E-state index >= 15 is 0 Å². The number of benzene rings is 1. The van der Waals surface area contributed by atoms with E-state index in [9.17, 15) is 9.59 Å². The maximum Gasteiger partial charge on any atom is 0.337 e. The van der Waals surface area contributed by atoms with Crippen LogP contribution in [0, 0.1) is 0 Å². The van der Waals surface area contributed by atoms with Gasteiger partial charge in [0.1, 0.15) is 0 Å². The predicted molar refractivity (Wildman–Crippen MR) is 74.5 cm³/mol. The van der Waals surface area contributed by atoms with Gasteiger partial charge in [-0.1, -0.05) is 24.3 Å². The fourth-order valence-electron chi connectivity index (χ4n) is 1.63. The molecule has 0 aliphatic rings. The van der Waals surface area contributed by atoms with Crippen LogP contribution in [0.4, 0.5) is 10.5 Å². The first-order valence-corrected chi connectivity index (χ1v) is 5.98. The Hall–Kier alpha value is -2.30. The first-order chi connectivity index (χ1) is 8.95. The van der Waals surface area contributed by atoms with E-state index in [4.69, 9.17) is 5.11 Å². The minimum atomic E-state index is -1.07. The molecular weight excluding hydrogens is 244 g/mol. The number of carbonyl (C=O) groups excluding carboxylic acids is 1. The van der Waals surface area contributed by atoms with Gasteiger partial charge in [0.2, 0.25) is 0 Å². The van der Waals surface area contributed by atoms with Crippen molar-refractivity contribution in [3.8, 4) is 0 Å². The number of amides is 2. The Morgan fingerprint density at radius 3 is 2.53 bits per heavy atom. The van der Waals surface area contributed by atoms with Crippen LogP contribution in [0.1, 0.15) is 24.2 Å². The monoisotopic (exact) mass is 262 g/mol. The number of para-hydroxylation sites is 1. The number of anilines is 1. The summed E-state index contributed by atoms with van der Waals surface area (Å²) in [5.41, 5.74) is 1.23. The van der Waals surface area contributed by atoms with E-state index in [0.29, 0.717) is 18.8 Å². The molecule has 2 amide bonds. The van der Waals surface area contributed by atoms with Gasteiger partial charge in [0.25, 0.3) is 0 Å². The number of carbonyl (C=O) groups is 2. The molecule has 5 nitrogen and oxygen atoms in total. The summed E-state index contributed by atoms with van der Waals surface area (Å²) in [5.74, 6) is -1.07. The van der Waals surface area contributed by atoms with Crippen LogP contribution >= 0.6 is 0 Å². The summed E-state index contributed by atoms with van der Waals surface area (Å²) in [5, 5.41) is 11.7. The van der Waals surface area contributed by atoms with Crippen molar-refractivity contribution in [3.63, 3.8) is 0 Å². The molecule has 1 aromatic rings. The lowest BCUT2D eigenvalue weighted by atomic mass is 10.2. The molecule has 0 heterocycles. The molecule has 0 saturated carbocycles. The maximum absolute atomic E-state index is 12.0. The number of nitrogens with one attached hydrogen (secondary N) is 1. The summed E-state index contributed by atoms with van der Waals surface area (Å²) >= 11 is 0. The number of rotatable bonds is 5. The Kier molecular flexibility index (Phi) is 5.11. The molecule has 19 heavy (non-hydrogen) atoms.